The summed E-state index contributed by atoms with van der Waals surface area (Å²) in [4.78, 5) is 11.6. The first kappa shape index (κ1) is 23.1. The van der Waals surface area contributed by atoms with Crippen LogP contribution in [0.2, 0.25) is 10.0 Å². The Morgan fingerprint density at radius 3 is 2.16 bits per heavy atom. The van der Waals surface area contributed by atoms with Crippen molar-refractivity contribution in [1.82, 2.24) is 9.78 Å². The number of halogens is 2. The Balaban J connectivity index is 2.11. The van der Waals surface area contributed by atoms with Crippen LogP contribution in [0, 0.1) is 6.92 Å². The van der Waals surface area contributed by atoms with E-state index in [4.69, 9.17) is 23.2 Å². The molecule has 3 N–H and O–H groups in total. The largest absolute Gasteiger partial charge is 0.299 e. The average Bonchev–Trinajstić information content (AvgIpc) is 2.94. The molecule has 3 rings (SSSR count). The predicted octanol–water partition coefficient (Wildman–Crippen LogP) is 3.69. The number of nitrogens with one attached hydrogen (secondary N) is 1. The van der Waals surface area contributed by atoms with E-state index in [9.17, 15) is 30.7 Å². The maximum atomic E-state index is 12.8. The highest BCUT2D eigenvalue weighted by Gasteiger charge is 2.21. The molecule has 0 spiro atoms. The second-order valence-electron chi connectivity index (χ2n) is 6.08. The molecule has 3 aromatic rings. The van der Waals surface area contributed by atoms with Gasteiger partial charge in [0.2, 0.25) is 0 Å². The highest BCUT2D eigenvalue weighted by atomic mass is 35.5. The predicted molar refractivity (Wildman–Crippen MR) is 111 cm³/mol. The van der Waals surface area contributed by atoms with Crippen molar-refractivity contribution in [3.8, 4) is 5.69 Å². The van der Waals surface area contributed by atoms with Gasteiger partial charge < -0.3 is 0 Å². The van der Waals surface area contributed by atoms with Gasteiger partial charge in [0.15, 0.2) is 5.69 Å². The number of aromatic nitrogens is 2. The Bertz CT molecular complexity index is 1490. The summed E-state index contributed by atoms with van der Waals surface area (Å²) in [6, 6.07) is 7.16. The van der Waals surface area contributed by atoms with E-state index in [1.54, 1.807) is 0 Å². The highest BCUT2D eigenvalue weighted by molar-refractivity contribution is 7.86. The number of aryl methyl sites for hydroxylation is 1. The zero-order valence-corrected chi connectivity index (χ0v) is 18.5. The van der Waals surface area contributed by atoms with Crippen LogP contribution in [0.15, 0.2) is 61.2 Å². The Hall–Kier alpha value is -2.55. The van der Waals surface area contributed by atoms with Crippen molar-refractivity contribution in [1.29, 1.82) is 0 Å². The van der Waals surface area contributed by atoms with Crippen molar-refractivity contribution in [3.63, 3.8) is 0 Å². The molecule has 15 heteroatoms. The second kappa shape index (κ2) is 8.18. The molecule has 0 aliphatic carbocycles. The minimum Gasteiger partial charge on any atom is -0.293 e. The molecule has 0 aliphatic rings. The molecule has 0 fully saturated rings. The molecule has 164 valence electrons. The van der Waals surface area contributed by atoms with Crippen molar-refractivity contribution < 1.29 is 25.9 Å². The van der Waals surface area contributed by atoms with E-state index in [0.717, 1.165) is 22.9 Å². The normalized spacial score (nSPS) is 12.5. The molecule has 0 aliphatic heterocycles. The molecule has 2 aromatic carbocycles. The molecular formula is C16H12Cl2N4O7S2. The molecule has 0 radical (unpaired) electrons. The lowest BCUT2D eigenvalue weighted by molar-refractivity contribution is 0.481. The van der Waals surface area contributed by atoms with Crippen LogP contribution in [-0.2, 0) is 20.2 Å². The van der Waals surface area contributed by atoms with Gasteiger partial charge in [-0.2, -0.15) is 16.8 Å². The van der Waals surface area contributed by atoms with Crippen molar-refractivity contribution in [3.05, 3.63) is 62.5 Å². The van der Waals surface area contributed by atoms with Gasteiger partial charge in [0.1, 0.15) is 15.5 Å². The average molecular weight is 507 g/mol. The first-order valence-corrected chi connectivity index (χ1v) is 11.7. The maximum Gasteiger partial charge on any atom is 0.299 e. The number of rotatable bonds is 5. The zero-order chi connectivity index (χ0) is 23.1. The van der Waals surface area contributed by atoms with E-state index in [1.807, 2.05) is 0 Å². The fourth-order valence-corrected chi connectivity index (χ4v) is 4.53. The molecule has 0 saturated heterocycles. The molecular weight excluding hydrogens is 495 g/mol. The summed E-state index contributed by atoms with van der Waals surface area (Å²) in [7, 11) is -9.21. The molecule has 0 amide bonds. The lowest BCUT2D eigenvalue weighted by atomic mass is 10.3. The van der Waals surface area contributed by atoms with Crippen LogP contribution >= 0.6 is 23.2 Å². The Kier molecular flexibility index (Phi) is 6.10. The third kappa shape index (κ3) is 4.71. The molecule has 0 saturated carbocycles. The number of aromatic amines is 1. The number of azo groups is 1. The fraction of sp³-hybridized carbons (Fsp3) is 0.0625. The lowest BCUT2D eigenvalue weighted by Gasteiger charge is -2.08. The minimum absolute atomic E-state index is 0.0352. The third-order valence-corrected chi connectivity index (χ3v) is 6.48. The van der Waals surface area contributed by atoms with Crippen molar-refractivity contribution in [2.24, 2.45) is 10.2 Å². The van der Waals surface area contributed by atoms with Crippen LogP contribution in [0.3, 0.4) is 0 Å². The van der Waals surface area contributed by atoms with Crippen LogP contribution in [0.5, 0.6) is 0 Å². The van der Waals surface area contributed by atoms with Gasteiger partial charge in [0.05, 0.1) is 21.4 Å². The Morgan fingerprint density at radius 1 is 0.935 bits per heavy atom. The quantitative estimate of drug-likeness (QED) is 0.349. The molecule has 0 unspecified atom stereocenters. The van der Waals surface area contributed by atoms with Crippen LogP contribution in [0.1, 0.15) is 5.69 Å². The van der Waals surface area contributed by atoms with Gasteiger partial charge in [-0.3, -0.25) is 19.0 Å². The maximum absolute atomic E-state index is 12.8. The third-order valence-electron chi connectivity index (χ3n) is 3.96. The molecule has 1 aromatic heterocycles. The van der Waals surface area contributed by atoms with Crippen LogP contribution < -0.4 is 5.56 Å². The van der Waals surface area contributed by atoms with Gasteiger partial charge in [-0.15, -0.1) is 10.2 Å². The molecule has 1 heterocycles. The number of nitrogens with zero attached hydrogens (tertiary/aromatic N) is 3. The van der Waals surface area contributed by atoms with E-state index in [2.05, 4.69) is 15.3 Å². The monoisotopic (exact) mass is 506 g/mol. The number of benzene rings is 2. The van der Waals surface area contributed by atoms with Crippen LogP contribution in [0.4, 0.5) is 11.4 Å². The summed E-state index contributed by atoms with van der Waals surface area (Å²) < 4.78 is 65.0. The number of H-pyrrole nitrogens is 1. The van der Waals surface area contributed by atoms with Gasteiger partial charge in [0.25, 0.3) is 25.8 Å². The summed E-state index contributed by atoms with van der Waals surface area (Å²) >= 11 is 11.9. The van der Waals surface area contributed by atoms with E-state index >= 15 is 0 Å². The summed E-state index contributed by atoms with van der Waals surface area (Å²) in [5.74, 6) is 0. The van der Waals surface area contributed by atoms with E-state index in [0.29, 0.717) is 0 Å². The smallest absolute Gasteiger partial charge is 0.293 e. The Morgan fingerprint density at radius 2 is 1.55 bits per heavy atom. The highest BCUT2D eigenvalue weighted by Crippen LogP contribution is 2.31. The fourth-order valence-electron chi connectivity index (χ4n) is 2.57. The van der Waals surface area contributed by atoms with E-state index < -0.39 is 35.6 Å². The number of hydrogen-bond acceptors (Lipinski definition) is 7. The SMILES string of the molecule is Cc1[nH]n(-c2cc(Cl)c(S(=O)(=O)O)cc2Cl)c(=O)c1N=Nc1ccccc1S(=O)(=O)O. The molecule has 11 nitrogen and oxygen atoms in total. The van der Waals surface area contributed by atoms with Crippen LogP contribution in [0.25, 0.3) is 5.69 Å². The van der Waals surface area contributed by atoms with E-state index in [1.165, 1.54) is 25.1 Å². The summed E-state index contributed by atoms with van der Waals surface area (Å²) in [6.07, 6.45) is 0. The van der Waals surface area contributed by atoms with Gasteiger partial charge in [-0.25, -0.2) is 4.68 Å². The number of hydrogen-bond donors (Lipinski definition) is 3. The first-order valence-electron chi connectivity index (χ1n) is 8.07. The van der Waals surface area contributed by atoms with Gasteiger partial charge in [-0.1, -0.05) is 35.3 Å². The summed E-state index contributed by atoms with van der Waals surface area (Å²) in [5.41, 5.74) is -0.995. The summed E-state index contributed by atoms with van der Waals surface area (Å²) in [5, 5.41) is 9.58. The van der Waals surface area contributed by atoms with Gasteiger partial charge in [0, 0.05) is 0 Å². The second-order valence-corrected chi connectivity index (χ2v) is 9.67. The first-order chi connectivity index (χ1) is 14.3. The molecule has 31 heavy (non-hydrogen) atoms. The lowest BCUT2D eigenvalue weighted by Crippen LogP contribution is -2.15. The van der Waals surface area contributed by atoms with Crippen molar-refractivity contribution in [2.75, 3.05) is 0 Å². The Labute approximate surface area is 185 Å². The summed E-state index contributed by atoms with van der Waals surface area (Å²) in [6.45, 7) is 1.48. The van der Waals surface area contributed by atoms with Gasteiger partial charge in [-0.05, 0) is 31.2 Å². The minimum atomic E-state index is -4.64. The van der Waals surface area contributed by atoms with Crippen LogP contribution in [-0.4, -0.2) is 35.7 Å². The van der Waals surface area contributed by atoms with Crippen molar-refractivity contribution in [2.45, 2.75) is 16.7 Å². The molecule has 0 bridgehead atoms. The topological polar surface area (TPSA) is 171 Å². The standard InChI is InChI=1S/C16H12Cl2N4O7S2/c1-8-15(20-19-11-4-2-3-5-13(11)30(24,25)26)16(23)22(21-8)12-6-10(18)14(7-9(12)17)31(27,28)29/h2-7,21H,1H3,(H,24,25,26)(H,27,28,29). The van der Waals surface area contributed by atoms with Crippen molar-refractivity contribution >= 4 is 54.8 Å². The molecule has 0 atom stereocenters. The van der Waals surface area contributed by atoms with Gasteiger partial charge >= 0.3 is 0 Å². The van der Waals surface area contributed by atoms with E-state index in [-0.39, 0.29) is 32.8 Å². The zero-order valence-electron chi connectivity index (χ0n) is 15.3.